The van der Waals surface area contributed by atoms with Gasteiger partial charge in [-0.3, -0.25) is 10.1 Å². The van der Waals surface area contributed by atoms with E-state index in [1.165, 1.54) is 18.2 Å². The number of H-pyrrole nitrogens is 1. The molecule has 0 saturated heterocycles. The molecule has 0 bridgehead atoms. The molecule has 2 rings (SSSR count). The number of aromatic amines is 1. The number of aromatic carboxylic acids is 1. The van der Waals surface area contributed by atoms with E-state index in [0.29, 0.717) is 11.0 Å². The molecular formula is C8H5N3O4. The Kier molecular flexibility index (Phi) is 1.86. The first kappa shape index (κ1) is 9.13. The summed E-state index contributed by atoms with van der Waals surface area (Å²) in [5, 5.41) is 19.1. The molecule has 0 fully saturated rings. The summed E-state index contributed by atoms with van der Waals surface area (Å²) in [6.45, 7) is 0. The minimum Gasteiger partial charge on any atom is -0.475 e. The maximum Gasteiger partial charge on any atom is 0.371 e. The summed E-state index contributed by atoms with van der Waals surface area (Å²) in [5.74, 6) is -1.43. The van der Waals surface area contributed by atoms with Crippen LogP contribution in [0.2, 0.25) is 0 Å². The van der Waals surface area contributed by atoms with Gasteiger partial charge in [0.2, 0.25) is 5.82 Å². The van der Waals surface area contributed by atoms with Crippen LogP contribution in [0.15, 0.2) is 18.2 Å². The number of imidazole rings is 1. The third-order valence-electron chi connectivity index (χ3n) is 1.88. The average Bonchev–Trinajstić information content (AvgIpc) is 2.59. The summed E-state index contributed by atoms with van der Waals surface area (Å²) in [7, 11) is 0. The van der Waals surface area contributed by atoms with E-state index in [2.05, 4.69) is 9.97 Å². The second kappa shape index (κ2) is 3.05. The van der Waals surface area contributed by atoms with Crippen LogP contribution in [0, 0.1) is 10.1 Å². The summed E-state index contributed by atoms with van der Waals surface area (Å²) < 4.78 is 0. The average molecular weight is 207 g/mol. The van der Waals surface area contributed by atoms with Crippen LogP contribution in [0.3, 0.4) is 0 Å². The van der Waals surface area contributed by atoms with Crippen molar-refractivity contribution in [2.24, 2.45) is 0 Å². The molecule has 0 aliphatic carbocycles. The van der Waals surface area contributed by atoms with Crippen LogP contribution < -0.4 is 0 Å². The minimum absolute atomic E-state index is 0.108. The van der Waals surface area contributed by atoms with Gasteiger partial charge in [0.05, 0.1) is 16.0 Å². The van der Waals surface area contributed by atoms with Crippen molar-refractivity contribution in [1.82, 2.24) is 9.97 Å². The molecule has 0 unspecified atom stereocenters. The Morgan fingerprint density at radius 2 is 2.27 bits per heavy atom. The fourth-order valence-electron chi connectivity index (χ4n) is 1.21. The number of rotatable bonds is 2. The molecule has 2 aromatic rings. The van der Waals surface area contributed by atoms with Crippen LogP contribution in [0.25, 0.3) is 11.0 Å². The molecule has 2 N–H and O–H groups in total. The lowest BCUT2D eigenvalue weighted by Crippen LogP contribution is -1.97. The van der Waals surface area contributed by atoms with Gasteiger partial charge < -0.3 is 10.1 Å². The van der Waals surface area contributed by atoms with E-state index < -0.39 is 10.9 Å². The number of nitro benzene ring substituents is 1. The number of hydrogen-bond donors (Lipinski definition) is 2. The second-order valence-electron chi connectivity index (χ2n) is 2.85. The molecule has 1 aromatic carbocycles. The Morgan fingerprint density at radius 1 is 1.53 bits per heavy atom. The SMILES string of the molecule is O=C(O)c1nc2ccc([N+](=O)[O-])cc2[nH]1. The highest BCUT2D eigenvalue weighted by Gasteiger charge is 2.12. The summed E-state index contributed by atoms with van der Waals surface area (Å²) in [4.78, 5) is 26.7. The first-order chi connectivity index (χ1) is 7.08. The van der Waals surface area contributed by atoms with Crippen molar-refractivity contribution in [3.05, 3.63) is 34.1 Å². The lowest BCUT2D eigenvalue weighted by Gasteiger charge is -1.89. The first-order valence-electron chi connectivity index (χ1n) is 3.95. The Balaban J connectivity index is 2.62. The highest BCUT2D eigenvalue weighted by atomic mass is 16.6. The van der Waals surface area contributed by atoms with Crippen molar-refractivity contribution >= 4 is 22.7 Å². The highest BCUT2D eigenvalue weighted by Crippen LogP contribution is 2.18. The molecule has 0 amide bonds. The Bertz CT molecular complexity index is 548. The van der Waals surface area contributed by atoms with E-state index in [1.54, 1.807) is 0 Å². The standard InChI is InChI=1S/C8H5N3O4/c12-8(13)7-9-5-2-1-4(11(14)15)3-6(5)10-7/h1-3H,(H,9,10)(H,12,13). The number of non-ortho nitro benzene ring substituents is 1. The number of nitro groups is 1. The van der Waals surface area contributed by atoms with Gasteiger partial charge >= 0.3 is 5.97 Å². The van der Waals surface area contributed by atoms with Gasteiger partial charge in [-0.2, -0.15) is 0 Å². The molecule has 7 nitrogen and oxygen atoms in total. The normalized spacial score (nSPS) is 10.4. The molecule has 7 heteroatoms. The van der Waals surface area contributed by atoms with Gasteiger partial charge in [-0.25, -0.2) is 9.78 Å². The number of nitrogens with zero attached hydrogens (tertiary/aromatic N) is 2. The maximum absolute atomic E-state index is 10.6. The zero-order valence-electron chi connectivity index (χ0n) is 7.30. The largest absolute Gasteiger partial charge is 0.475 e. The lowest BCUT2D eigenvalue weighted by atomic mass is 10.3. The molecule has 0 aliphatic rings. The van der Waals surface area contributed by atoms with Crippen LogP contribution in [0.5, 0.6) is 0 Å². The number of fused-ring (bicyclic) bond motifs is 1. The summed E-state index contributed by atoms with van der Waals surface area (Å²) in [6, 6.07) is 3.92. The van der Waals surface area contributed by atoms with Gasteiger partial charge in [0.15, 0.2) is 0 Å². The topological polar surface area (TPSA) is 109 Å². The third-order valence-corrected chi connectivity index (χ3v) is 1.88. The van der Waals surface area contributed by atoms with Gasteiger partial charge in [0.25, 0.3) is 5.69 Å². The van der Waals surface area contributed by atoms with Crippen molar-refractivity contribution in [2.45, 2.75) is 0 Å². The number of benzene rings is 1. The first-order valence-corrected chi connectivity index (χ1v) is 3.95. The molecule has 0 atom stereocenters. The predicted molar refractivity (Wildman–Crippen MR) is 49.7 cm³/mol. The molecule has 0 radical (unpaired) electrons. The van der Waals surface area contributed by atoms with E-state index in [-0.39, 0.29) is 11.5 Å². The number of carboxylic acid groups (broad SMARTS) is 1. The van der Waals surface area contributed by atoms with Crippen molar-refractivity contribution in [2.75, 3.05) is 0 Å². The van der Waals surface area contributed by atoms with Gasteiger partial charge in [0, 0.05) is 12.1 Å². The van der Waals surface area contributed by atoms with Crippen LogP contribution >= 0.6 is 0 Å². The molecule has 0 spiro atoms. The number of hydrogen-bond acceptors (Lipinski definition) is 4. The summed E-state index contributed by atoms with van der Waals surface area (Å²) in [6.07, 6.45) is 0. The van der Waals surface area contributed by atoms with E-state index in [4.69, 9.17) is 5.11 Å². The smallest absolute Gasteiger partial charge is 0.371 e. The van der Waals surface area contributed by atoms with E-state index >= 15 is 0 Å². The van der Waals surface area contributed by atoms with Crippen LogP contribution in [-0.4, -0.2) is 26.0 Å². The summed E-state index contributed by atoms with van der Waals surface area (Å²) in [5.41, 5.74) is 0.614. The molecule has 15 heavy (non-hydrogen) atoms. The predicted octanol–water partition coefficient (Wildman–Crippen LogP) is 1.17. The van der Waals surface area contributed by atoms with Crippen molar-refractivity contribution < 1.29 is 14.8 Å². The van der Waals surface area contributed by atoms with E-state index in [0.717, 1.165) is 0 Å². The van der Waals surface area contributed by atoms with E-state index in [9.17, 15) is 14.9 Å². The third kappa shape index (κ3) is 1.50. The second-order valence-corrected chi connectivity index (χ2v) is 2.85. The zero-order chi connectivity index (χ0) is 11.0. The van der Waals surface area contributed by atoms with Crippen LogP contribution in [0.4, 0.5) is 5.69 Å². The quantitative estimate of drug-likeness (QED) is 0.567. The summed E-state index contributed by atoms with van der Waals surface area (Å²) >= 11 is 0. The lowest BCUT2D eigenvalue weighted by molar-refractivity contribution is -0.384. The van der Waals surface area contributed by atoms with Crippen molar-refractivity contribution in [3.8, 4) is 0 Å². The minimum atomic E-state index is -1.20. The monoisotopic (exact) mass is 207 g/mol. The molecule has 0 saturated carbocycles. The highest BCUT2D eigenvalue weighted by molar-refractivity contribution is 5.89. The van der Waals surface area contributed by atoms with Gasteiger partial charge in [-0.15, -0.1) is 0 Å². The Morgan fingerprint density at radius 3 is 2.87 bits per heavy atom. The molecule has 76 valence electrons. The molecule has 0 aliphatic heterocycles. The van der Waals surface area contributed by atoms with Crippen molar-refractivity contribution in [1.29, 1.82) is 0 Å². The van der Waals surface area contributed by atoms with Gasteiger partial charge in [-0.1, -0.05) is 0 Å². The number of nitrogens with one attached hydrogen (secondary N) is 1. The van der Waals surface area contributed by atoms with Crippen molar-refractivity contribution in [3.63, 3.8) is 0 Å². The number of carbonyl (C=O) groups is 1. The van der Waals surface area contributed by atoms with Crippen LogP contribution in [0.1, 0.15) is 10.6 Å². The Labute approximate surface area is 82.5 Å². The van der Waals surface area contributed by atoms with Crippen LogP contribution in [-0.2, 0) is 0 Å². The molecule has 1 aromatic heterocycles. The Hall–Kier alpha value is -2.44. The fourth-order valence-corrected chi connectivity index (χ4v) is 1.21. The fraction of sp³-hybridized carbons (Fsp3) is 0. The van der Waals surface area contributed by atoms with E-state index in [1.807, 2.05) is 0 Å². The maximum atomic E-state index is 10.6. The number of carboxylic acids is 1. The number of aromatic nitrogens is 2. The zero-order valence-corrected chi connectivity index (χ0v) is 7.30. The van der Waals surface area contributed by atoms with Gasteiger partial charge in [-0.05, 0) is 6.07 Å². The molecule has 1 heterocycles. The molecular weight excluding hydrogens is 202 g/mol. The van der Waals surface area contributed by atoms with Gasteiger partial charge in [0.1, 0.15) is 0 Å².